The molecule has 29 heavy (non-hydrogen) atoms. The molecule has 2 aliphatic rings. The Hall–Kier alpha value is -2.48. The second-order valence-electron chi connectivity index (χ2n) is 7.48. The summed E-state index contributed by atoms with van der Waals surface area (Å²) in [7, 11) is 0. The monoisotopic (exact) mass is 398 g/mol. The van der Waals surface area contributed by atoms with Crippen LogP contribution >= 0.6 is 0 Å². The van der Waals surface area contributed by atoms with Crippen molar-refractivity contribution >= 4 is 11.4 Å². The van der Waals surface area contributed by atoms with E-state index in [4.69, 9.17) is 14.2 Å². The average molecular weight is 398 g/mol. The highest BCUT2D eigenvalue weighted by Crippen LogP contribution is 2.30. The van der Waals surface area contributed by atoms with Crippen molar-refractivity contribution in [1.29, 1.82) is 0 Å². The maximum absolute atomic E-state index is 11.4. The topological polar surface area (TPSA) is 74.1 Å². The van der Waals surface area contributed by atoms with Gasteiger partial charge in [0.2, 0.25) is 0 Å². The number of nitro groups is 1. The van der Waals surface area contributed by atoms with E-state index in [2.05, 4.69) is 4.90 Å². The predicted octanol–water partition coefficient (Wildman–Crippen LogP) is 3.70. The summed E-state index contributed by atoms with van der Waals surface area (Å²) in [5, 5.41) is 11.4. The first-order valence-electron chi connectivity index (χ1n) is 10.1. The highest BCUT2D eigenvalue weighted by Gasteiger charge is 2.32. The van der Waals surface area contributed by atoms with Gasteiger partial charge >= 0.3 is 0 Å². The van der Waals surface area contributed by atoms with Crippen LogP contribution in [0.1, 0.15) is 24.0 Å². The van der Waals surface area contributed by atoms with E-state index >= 15 is 0 Å². The van der Waals surface area contributed by atoms with Crippen LogP contribution in [0.4, 0.5) is 11.4 Å². The number of nitrogens with zero attached hydrogens (tertiary/aromatic N) is 2. The molecule has 154 valence electrons. The van der Waals surface area contributed by atoms with Gasteiger partial charge < -0.3 is 19.1 Å². The van der Waals surface area contributed by atoms with Crippen LogP contribution in [-0.2, 0) is 27.4 Å². The van der Waals surface area contributed by atoms with Gasteiger partial charge in [-0.1, -0.05) is 30.3 Å². The van der Waals surface area contributed by atoms with Crippen molar-refractivity contribution in [3.05, 3.63) is 69.8 Å². The molecule has 1 heterocycles. The Bertz CT molecular complexity index is 823. The number of nitro benzene ring substituents is 1. The number of benzene rings is 2. The van der Waals surface area contributed by atoms with Crippen molar-refractivity contribution in [2.75, 3.05) is 31.2 Å². The first-order chi connectivity index (χ1) is 14.2. The smallest absolute Gasteiger partial charge is 0.271 e. The van der Waals surface area contributed by atoms with Gasteiger partial charge in [-0.25, -0.2) is 0 Å². The maximum Gasteiger partial charge on any atom is 0.271 e. The molecule has 0 bridgehead atoms. The van der Waals surface area contributed by atoms with Gasteiger partial charge in [0, 0.05) is 30.9 Å². The molecule has 2 fully saturated rings. The Morgan fingerprint density at radius 2 is 1.62 bits per heavy atom. The third kappa shape index (κ3) is 5.12. The summed E-state index contributed by atoms with van der Waals surface area (Å²) >= 11 is 0. The van der Waals surface area contributed by atoms with Crippen molar-refractivity contribution < 1.29 is 19.1 Å². The summed E-state index contributed by atoms with van der Waals surface area (Å²) in [6.45, 7) is 3.66. The molecule has 4 rings (SSSR count). The van der Waals surface area contributed by atoms with E-state index in [-0.39, 0.29) is 22.8 Å². The van der Waals surface area contributed by atoms with Crippen LogP contribution in [0.2, 0.25) is 0 Å². The Morgan fingerprint density at radius 3 is 2.24 bits per heavy atom. The zero-order chi connectivity index (χ0) is 20.1. The van der Waals surface area contributed by atoms with Crippen LogP contribution in [0.25, 0.3) is 0 Å². The van der Waals surface area contributed by atoms with Crippen LogP contribution in [0.15, 0.2) is 48.5 Å². The number of non-ortho nitro benzene ring substituents is 1. The minimum absolute atomic E-state index is 0.0322. The number of morpholine rings is 1. The number of anilines is 1. The van der Waals surface area contributed by atoms with Crippen LogP contribution in [0.5, 0.6) is 0 Å². The van der Waals surface area contributed by atoms with E-state index in [0.29, 0.717) is 26.4 Å². The Morgan fingerprint density at radius 1 is 0.966 bits per heavy atom. The van der Waals surface area contributed by atoms with Gasteiger partial charge in [0.05, 0.1) is 43.6 Å². The molecule has 7 heteroatoms. The third-order valence-corrected chi connectivity index (χ3v) is 5.47. The second kappa shape index (κ2) is 9.35. The molecule has 0 N–H and O–H groups in total. The normalized spacial score (nSPS) is 21.6. The van der Waals surface area contributed by atoms with Crippen LogP contribution in [0.3, 0.4) is 0 Å². The quantitative estimate of drug-likeness (QED) is 0.499. The van der Waals surface area contributed by atoms with Gasteiger partial charge in [0.15, 0.2) is 0 Å². The van der Waals surface area contributed by atoms with E-state index in [9.17, 15) is 10.1 Å². The first-order valence-corrected chi connectivity index (χ1v) is 10.1. The molecule has 1 aliphatic heterocycles. The number of hydrogen-bond acceptors (Lipinski definition) is 6. The molecule has 2 aromatic carbocycles. The first kappa shape index (κ1) is 19.8. The van der Waals surface area contributed by atoms with E-state index in [1.165, 1.54) is 0 Å². The van der Waals surface area contributed by atoms with E-state index in [1.54, 1.807) is 12.1 Å². The molecular weight excluding hydrogens is 372 g/mol. The summed E-state index contributed by atoms with van der Waals surface area (Å²) in [4.78, 5) is 13.1. The van der Waals surface area contributed by atoms with Gasteiger partial charge in [-0.2, -0.15) is 0 Å². The number of ether oxygens (including phenoxy) is 3. The molecule has 1 aliphatic carbocycles. The lowest BCUT2D eigenvalue weighted by Crippen LogP contribution is -2.41. The largest absolute Gasteiger partial charge is 0.378 e. The van der Waals surface area contributed by atoms with Crippen LogP contribution < -0.4 is 4.90 Å². The SMILES string of the molecule is O=[N+]([O-])c1cc(COC2CCC2OCc2ccccc2)cc(N2CCOCC2)c1. The summed E-state index contributed by atoms with van der Waals surface area (Å²) in [5.74, 6) is 0. The lowest BCUT2D eigenvalue weighted by molar-refractivity contribution is -0.384. The molecule has 0 amide bonds. The summed E-state index contributed by atoms with van der Waals surface area (Å²) in [6.07, 6.45) is 2.04. The lowest BCUT2D eigenvalue weighted by Gasteiger charge is -2.36. The van der Waals surface area contributed by atoms with Crippen LogP contribution in [-0.4, -0.2) is 43.4 Å². The fourth-order valence-electron chi connectivity index (χ4n) is 3.65. The Balaban J connectivity index is 1.36. The van der Waals surface area contributed by atoms with Crippen molar-refractivity contribution in [2.24, 2.45) is 0 Å². The second-order valence-corrected chi connectivity index (χ2v) is 7.48. The van der Waals surface area contributed by atoms with Crippen molar-refractivity contribution in [3.8, 4) is 0 Å². The summed E-state index contributed by atoms with van der Waals surface area (Å²) < 4.78 is 17.4. The van der Waals surface area contributed by atoms with E-state index in [1.807, 2.05) is 36.4 Å². The predicted molar refractivity (Wildman–Crippen MR) is 109 cm³/mol. The van der Waals surface area contributed by atoms with Crippen molar-refractivity contribution in [3.63, 3.8) is 0 Å². The summed E-state index contributed by atoms with van der Waals surface area (Å²) in [5.41, 5.74) is 2.91. The van der Waals surface area contributed by atoms with E-state index in [0.717, 1.165) is 42.7 Å². The number of hydrogen-bond donors (Lipinski definition) is 0. The third-order valence-electron chi connectivity index (χ3n) is 5.47. The molecule has 7 nitrogen and oxygen atoms in total. The molecule has 1 saturated carbocycles. The molecule has 2 unspecified atom stereocenters. The van der Waals surface area contributed by atoms with Gasteiger partial charge in [-0.05, 0) is 30.0 Å². The molecule has 2 aromatic rings. The molecule has 0 spiro atoms. The molecular formula is C22H26N2O5. The highest BCUT2D eigenvalue weighted by molar-refractivity contribution is 5.56. The fourth-order valence-corrected chi connectivity index (χ4v) is 3.65. The average Bonchev–Trinajstić information content (AvgIpc) is 2.74. The molecule has 2 atom stereocenters. The minimum Gasteiger partial charge on any atom is -0.378 e. The Labute approximate surface area is 170 Å². The summed E-state index contributed by atoms with van der Waals surface area (Å²) in [6, 6.07) is 15.3. The number of rotatable bonds is 8. The van der Waals surface area contributed by atoms with Gasteiger partial charge in [0.1, 0.15) is 0 Å². The van der Waals surface area contributed by atoms with Gasteiger partial charge in [0.25, 0.3) is 5.69 Å². The minimum atomic E-state index is -0.345. The van der Waals surface area contributed by atoms with Crippen molar-refractivity contribution in [1.82, 2.24) is 0 Å². The molecule has 0 aromatic heterocycles. The molecule has 0 radical (unpaired) electrons. The lowest BCUT2D eigenvalue weighted by atomic mass is 9.91. The highest BCUT2D eigenvalue weighted by atomic mass is 16.6. The maximum atomic E-state index is 11.4. The van der Waals surface area contributed by atoms with Crippen molar-refractivity contribution in [2.45, 2.75) is 38.3 Å². The zero-order valence-corrected chi connectivity index (χ0v) is 16.4. The van der Waals surface area contributed by atoms with E-state index < -0.39 is 0 Å². The fraction of sp³-hybridized carbons (Fsp3) is 0.455. The standard InChI is InChI=1S/C22H26N2O5/c25-24(26)20-13-18(12-19(14-20)23-8-10-27-11-9-23)16-29-22-7-6-21(22)28-15-17-4-2-1-3-5-17/h1-5,12-14,21-22H,6-11,15-16H2. The van der Waals surface area contributed by atoms with Gasteiger partial charge in [-0.15, -0.1) is 0 Å². The van der Waals surface area contributed by atoms with Crippen LogP contribution in [0, 0.1) is 10.1 Å². The molecule has 1 saturated heterocycles. The Kier molecular flexibility index (Phi) is 6.39. The van der Waals surface area contributed by atoms with Gasteiger partial charge in [-0.3, -0.25) is 10.1 Å². The zero-order valence-electron chi connectivity index (χ0n) is 16.4.